The number of nitrogens with zero attached hydrogens (tertiary/aromatic N) is 2. The first kappa shape index (κ1) is 8.92. The number of hydrogen-bond donors (Lipinski definition) is 2. The number of rotatable bonds is 3. The molecule has 0 aliphatic rings. The summed E-state index contributed by atoms with van der Waals surface area (Å²) in [6.07, 6.45) is 1.38. The van der Waals surface area contributed by atoms with Crippen molar-refractivity contribution in [3.63, 3.8) is 0 Å². The Balaban J connectivity index is 2.69. The van der Waals surface area contributed by atoms with Crippen molar-refractivity contribution >= 4 is 22.6 Å². The van der Waals surface area contributed by atoms with Gasteiger partial charge in [-0.15, -0.1) is 0 Å². The van der Waals surface area contributed by atoms with Gasteiger partial charge in [-0.25, -0.2) is 9.78 Å². The van der Waals surface area contributed by atoms with Crippen LogP contribution in [0.4, 0.5) is 5.13 Å². The Hall–Kier alpha value is -1.17. The largest absolute Gasteiger partial charge is 0.480 e. The number of aliphatic carboxylic acids is 1. The Morgan fingerprint density at radius 3 is 2.83 bits per heavy atom. The molecule has 1 heterocycles. The van der Waals surface area contributed by atoms with Gasteiger partial charge in [-0.05, 0) is 13.8 Å². The van der Waals surface area contributed by atoms with Crippen LogP contribution in [0.25, 0.3) is 0 Å². The lowest BCUT2D eigenvalue weighted by Crippen LogP contribution is -2.39. The van der Waals surface area contributed by atoms with E-state index in [1.807, 2.05) is 0 Å². The molecule has 0 unspecified atom stereocenters. The van der Waals surface area contributed by atoms with Gasteiger partial charge in [0.15, 0.2) is 0 Å². The maximum absolute atomic E-state index is 10.6. The number of hydrogen-bond acceptors (Lipinski definition) is 5. The average molecular weight is 187 g/mol. The Labute approximate surface area is 73.6 Å². The topological polar surface area (TPSA) is 75.1 Å². The fourth-order valence-corrected chi connectivity index (χ4v) is 1.14. The van der Waals surface area contributed by atoms with E-state index in [1.54, 1.807) is 13.8 Å². The summed E-state index contributed by atoms with van der Waals surface area (Å²) < 4.78 is 3.74. The first-order valence-corrected chi connectivity index (χ1v) is 4.08. The summed E-state index contributed by atoms with van der Waals surface area (Å²) in [6, 6.07) is 0. The molecule has 0 aliphatic carbocycles. The monoisotopic (exact) mass is 187 g/mol. The highest BCUT2D eigenvalue weighted by molar-refractivity contribution is 7.09. The number of nitrogens with one attached hydrogen (secondary N) is 1. The Morgan fingerprint density at radius 1 is 1.75 bits per heavy atom. The van der Waals surface area contributed by atoms with Crippen molar-refractivity contribution in [1.29, 1.82) is 0 Å². The number of carboxylic acids is 1. The van der Waals surface area contributed by atoms with Crippen molar-refractivity contribution in [3.05, 3.63) is 6.33 Å². The highest BCUT2D eigenvalue weighted by Crippen LogP contribution is 2.15. The summed E-state index contributed by atoms with van der Waals surface area (Å²) in [7, 11) is 0. The second kappa shape index (κ2) is 3.06. The number of carbonyl (C=O) groups is 1. The summed E-state index contributed by atoms with van der Waals surface area (Å²) in [5.74, 6) is -0.919. The summed E-state index contributed by atoms with van der Waals surface area (Å²) in [5, 5.41) is 12.0. The minimum absolute atomic E-state index is 0.516. The van der Waals surface area contributed by atoms with Crippen LogP contribution in [-0.4, -0.2) is 26.0 Å². The molecule has 0 radical (unpaired) electrons. The maximum atomic E-state index is 10.6. The minimum Gasteiger partial charge on any atom is -0.480 e. The average Bonchev–Trinajstić information content (AvgIpc) is 2.38. The Kier molecular flexibility index (Phi) is 2.27. The molecule has 0 aliphatic heterocycles. The molecule has 66 valence electrons. The van der Waals surface area contributed by atoms with Gasteiger partial charge in [-0.2, -0.15) is 4.37 Å². The lowest BCUT2D eigenvalue weighted by molar-refractivity contribution is -0.141. The molecule has 0 fully saturated rings. The van der Waals surface area contributed by atoms with E-state index < -0.39 is 11.5 Å². The molecule has 2 N–H and O–H groups in total. The third-order valence-electron chi connectivity index (χ3n) is 1.32. The zero-order valence-corrected chi connectivity index (χ0v) is 7.55. The van der Waals surface area contributed by atoms with Crippen LogP contribution in [0.2, 0.25) is 0 Å². The molecule has 0 aromatic carbocycles. The van der Waals surface area contributed by atoms with Gasteiger partial charge in [0.25, 0.3) is 0 Å². The van der Waals surface area contributed by atoms with Gasteiger partial charge in [0.1, 0.15) is 11.9 Å². The SMILES string of the molecule is CC(C)(Nc1ncns1)C(=O)O. The Morgan fingerprint density at radius 2 is 2.42 bits per heavy atom. The van der Waals surface area contributed by atoms with Gasteiger partial charge in [0, 0.05) is 11.5 Å². The zero-order valence-electron chi connectivity index (χ0n) is 6.74. The van der Waals surface area contributed by atoms with Crippen molar-refractivity contribution in [2.45, 2.75) is 19.4 Å². The van der Waals surface area contributed by atoms with Gasteiger partial charge in [0.05, 0.1) is 0 Å². The molecule has 5 nitrogen and oxygen atoms in total. The van der Waals surface area contributed by atoms with Crippen molar-refractivity contribution < 1.29 is 9.90 Å². The van der Waals surface area contributed by atoms with E-state index in [0.717, 1.165) is 11.5 Å². The molecule has 0 bridgehead atoms. The molecule has 0 atom stereocenters. The highest BCUT2D eigenvalue weighted by atomic mass is 32.1. The molecule has 1 rings (SSSR count). The van der Waals surface area contributed by atoms with E-state index in [-0.39, 0.29) is 0 Å². The fraction of sp³-hybridized carbons (Fsp3) is 0.500. The number of carboxylic acid groups (broad SMARTS) is 1. The standard InChI is InChI=1S/C6H9N3O2S/c1-6(2,4(10)11)9-5-7-3-8-12-5/h3H,1-2H3,(H,10,11)(H,7,8,9). The van der Waals surface area contributed by atoms with E-state index >= 15 is 0 Å². The molecule has 0 spiro atoms. The lowest BCUT2D eigenvalue weighted by Gasteiger charge is -2.19. The van der Waals surface area contributed by atoms with Crippen LogP contribution in [0.3, 0.4) is 0 Å². The third kappa shape index (κ3) is 1.91. The van der Waals surface area contributed by atoms with Gasteiger partial charge >= 0.3 is 5.97 Å². The molecule has 0 saturated heterocycles. The minimum atomic E-state index is -1.00. The van der Waals surface area contributed by atoms with Crippen LogP contribution in [0, 0.1) is 0 Å². The lowest BCUT2D eigenvalue weighted by atomic mass is 10.1. The van der Waals surface area contributed by atoms with E-state index in [0.29, 0.717) is 5.13 Å². The molecule has 6 heteroatoms. The van der Waals surface area contributed by atoms with Gasteiger partial charge in [-0.3, -0.25) is 0 Å². The first-order chi connectivity index (χ1) is 5.52. The number of aromatic nitrogens is 2. The Bertz CT molecular complexity index is 270. The predicted molar refractivity (Wildman–Crippen MR) is 45.2 cm³/mol. The van der Waals surface area contributed by atoms with Crippen molar-refractivity contribution in [1.82, 2.24) is 9.36 Å². The van der Waals surface area contributed by atoms with Gasteiger partial charge in [-0.1, -0.05) is 0 Å². The molecular weight excluding hydrogens is 178 g/mol. The maximum Gasteiger partial charge on any atom is 0.328 e. The first-order valence-electron chi connectivity index (χ1n) is 3.30. The highest BCUT2D eigenvalue weighted by Gasteiger charge is 2.27. The van der Waals surface area contributed by atoms with E-state index in [9.17, 15) is 4.79 Å². The van der Waals surface area contributed by atoms with E-state index in [2.05, 4.69) is 14.7 Å². The van der Waals surface area contributed by atoms with Crippen LogP contribution in [0.1, 0.15) is 13.8 Å². The summed E-state index contributed by atoms with van der Waals surface area (Å²) in [6.45, 7) is 3.13. The smallest absolute Gasteiger partial charge is 0.328 e. The van der Waals surface area contributed by atoms with Crippen LogP contribution >= 0.6 is 11.5 Å². The fourth-order valence-electron chi connectivity index (χ4n) is 0.549. The van der Waals surface area contributed by atoms with Crippen molar-refractivity contribution in [2.24, 2.45) is 0 Å². The molecule has 1 aromatic rings. The van der Waals surface area contributed by atoms with E-state index in [4.69, 9.17) is 5.11 Å². The van der Waals surface area contributed by atoms with Gasteiger partial charge < -0.3 is 10.4 Å². The summed E-state index contributed by atoms with van der Waals surface area (Å²) in [4.78, 5) is 14.5. The number of anilines is 1. The van der Waals surface area contributed by atoms with E-state index in [1.165, 1.54) is 6.33 Å². The molecule has 1 aromatic heterocycles. The van der Waals surface area contributed by atoms with Gasteiger partial charge in [0.2, 0.25) is 5.13 Å². The quantitative estimate of drug-likeness (QED) is 0.732. The molecular formula is C6H9N3O2S. The predicted octanol–water partition coefficient (Wildman–Crippen LogP) is 0.813. The molecule has 12 heavy (non-hydrogen) atoms. The van der Waals surface area contributed by atoms with Crippen LogP contribution < -0.4 is 5.32 Å². The summed E-state index contributed by atoms with van der Waals surface area (Å²) in [5.41, 5.74) is -1.00. The summed E-state index contributed by atoms with van der Waals surface area (Å²) >= 11 is 1.13. The zero-order chi connectivity index (χ0) is 9.19. The second-order valence-corrected chi connectivity index (χ2v) is 3.58. The van der Waals surface area contributed by atoms with Crippen LogP contribution in [0.15, 0.2) is 6.33 Å². The van der Waals surface area contributed by atoms with Crippen molar-refractivity contribution in [3.8, 4) is 0 Å². The van der Waals surface area contributed by atoms with Crippen molar-refractivity contribution in [2.75, 3.05) is 5.32 Å². The third-order valence-corrected chi connectivity index (χ3v) is 1.90. The second-order valence-electron chi connectivity index (χ2n) is 2.80. The molecule has 0 saturated carbocycles. The van der Waals surface area contributed by atoms with Crippen LogP contribution in [0.5, 0.6) is 0 Å². The van der Waals surface area contributed by atoms with Crippen LogP contribution in [-0.2, 0) is 4.79 Å². The molecule has 0 amide bonds. The normalized spacial score (nSPS) is 11.2.